The maximum atomic E-state index is 9.47. The van der Waals surface area contributed by atoms with E-state index in [-0.39, 0.29) is 22.5 Å². The van der Waals surface area contributed by atoms with Crippen LogP contribution in [-0.2, 0) is 0 Å². The van der Waals surface area contributed by atoms with Gasteiger partial charge in [0.05, 0.1) is 21.0 Å². The minimum Gasteiger partial charge on any atom is -0.456 e. The van der Waals surface area contributed by atoms with Crippen molar-refractivity contribution in [2.75, 3.05) is 4.90 Å². The molecule has 0 fully saturated rings. The summed E-state index contributed by atoms with van der Waals surface area (Å²) in [5.41, 5.74) is 6.07. The summed E-state index contributed by atoms with van der Waals surface area (Å²) >= 11 is 0. The van der Waals surface area contributed by atoms with E-state index in [2.05, 4.69) is 0 Å². The lowest BCUT2D eigenvalue weighted by Crippen LogP contribution is -2.11. The SMILES string of the molecule is [2H]c1c([2H])c([2H])c2c(N(c3ccc(-c4ccccc4)cc3)c3cc(-c4nc(-c5ccccc5)nc(-c5ccccc5)n4)c4c(c3)oc3ccccc34)c([2H])c([2H])c([2H])c2c1[2H]. The van der Waals surface area contributed by atoms with Crippen LogP contribution >= 0.6 is 0 Å². The normalized spacial score (nSPS) is 13.1. The van der Waals surface area contributed by atoms with Gasteiger partial charge >= 0.3 is 0 Å². The number of benzene rings is 8. The maximum Gasteiger partial charge on any atom is 0.164 e. The molecule has 0 saturated carbocycles. The number of anilines is 3. The fraction of sp³-hybridized carbons (Fsp3) is 0. The van der Waals surface area contributed by atoms with Gasteiger partial charge in [-0.1, -0.05) is 158 Å². The van der Waals surface area contributed by atoms with Crippen molar-refractivity contribution in [1.29, 1.82) is 0 Å². The number of aromatic nitrogens is 3. The second-order valence-electron chi connectivity index (χ2n) is 12.7. The number of furan rings is 1. The Labute approximate surface area is 322 Å². The van der Waals surface area contributed by atoms with Crippen molar-refractivity contribution in [2.45, 2.75) is 0 Å². The molecule has 8 aromatic carbocycles. The molecule has 0 saturated heterocycles. The number of hydrogen-bond acceptors (Lipinski definition) is 5. The third-order valence-corrected chi connectivity index (χ3v) is 9.41. The van der Waals surface area contributed by atoms with Crippen LogP contribution in [-0.4, -0.2) is 15.0 Å². The van der Waals surface area contributed by atoms with Crippen LogP contribution in [0.5, 0.6) is 0 Å². The Bertz CT molecular complexity index is 3260. The van der Waals surface area contributed by atoms with E-state index in [0.29, 0.717) is 45.6 Å². The van der Waals surface area contributed by atoms with Crippen molar-refractivity contribution in [2.24, 2.45) is 0 Å². The first-order valence-corrected chi connectivity index (χ1v) is 17.5. The van der Waals surface area contributed by atoms with Crippen molar-refractivity contribution in [3.05, 3.63) is 194 Å². The third-order valence-electron chi connectivity index (χ3n) is 9.41. The van der Waals surface area contributed by atoms with E-state index in [9.17, 15) is 2.74 Å². The highest BCUT2D eigenvalue weighted by Gasteiger charge is 2.23. The maximum absolute atomic E-state index is 9.47. The van der Waals surface area contributed by atoms with Crippen molar-refractivity contribution in [3.63, 3.8) is 0 Å². The number of nitrogens with zero attached hydrogens (tertiary/aromatic N) is 4. The van der Waals surface area contributed by atoms with Crippen LogP contribution in [0, 0.1) is 0 Å². The summed E-state index contributed by atoms with van der Waals surface area (Å²) in [6.45, 7) is 0. The molecule has 0 amide bonds. The van der Waals surface area contributed by atoms with Gasteiger partial charge in [-0.25, -0.2) is 15.0 Å². The molecule has 254 valence electrons. The summed E-state index contributed by atoms with van der Waals surface area (Å²) < 4.78 is 69.3. The lowest BCUT2D eigenvalue weighted by atomic mass is 10.0. The highest BCUT2D eigenvalue weighted by atomic mass is 16.3. The third kappa shape index (κ3) is 5.65. The average molecular weight is 700 g/mol. The number of hydrogen-bond donors (Lipinski definition) is 0. The van der Waals surface area contributed by atoms with Gasteiger partial charge in [0.15, 0.2) is 17.5 Å². The van der Waals surface area contributed by atoms with Crippen LogP contribution in [0.3, 0.4) is 0 Å². The lowest BCUT2D eigenvalue weighted by molar-refractivity contribution is 0.669. The van der Waals surface area contributed by atoms with Crippen LogP contribution in [0.2, 0.25) is 0 Å². The molecule has 0 N–H and O–H groups in total. The first kappa shape index (κ1) is 24.8. The van der Waals surface area contributed by atoms with Crippen LogP contribution in [0.1, 0.15) is 9.60 Å². The van der Waals surface area contributed by atoms with E-state index in [0.717, 1.165) is 33.0 Å². The lowest BCUT2D eigenvalue weighted by Gasteiger charge is -2.27. The number of rotatable bonds is 7. The van der Waals surface area contributed by atoms with E-state index in [4.69, 9.17) is 26.2 Å². The summed E-state index contributed by atoms with van der Waals surface area (Å²) in [7, 11) is 0. The Morgan fingerprint density at radius 1 is 0.444 bits per heavy atom. The Morgan fingerprint density at radius 2 is 1.02 bits per heavy atom. The molecule has 0 atom stereocenters. The zero-order valence-electron chi connectivity index (χ0n) is 35.6. The van der Waals surface area contributed by atoms with Gasteiger partial charge in [0.1, 0.15) is 11.2 Å². The van der Waals surface area contributed by atoms with E-state index >= 15 is 0 Å². The van der Waals surface area contributed by atoms with Gasteiger partial charge in [-0.3, -0.25) is 0 Å². The molecule has 0 aliphatic heterocycles. The molecule has 0 spiro atoms. The number of para-hydroxylation sites is 1. The molecule has 0 aliphatic carbocycles. The monoisotopic (exact) mass is 699 g/mol. The summed E-state index contributed by atoms with van der Waals surface area (Å²) in [5, 5.41) is 1.32. The van der Waals surface area contributed by atoms with Crippen molar-refractivity contribution >= 4 is 49.8 Å². The van der Waals surface area contributed by atoms with Gasteiger partial charge < -0.3 is 9.32 Å². The minimum absolute atomic E-state index is 0.00229. The second-order valence-corrected chi connectivity index (χ2v) is 12.7. The Morgan fingerprint density at radius 3 is 1.72 bits per heavy atom. The highest BCUT2D eigenvalue weighted by Crippen LogP contribution is 2.45. The van der Waals surface area contributed by atoms with Gasteiger partial charge in [0, 0.05) is 44.6 Å². The minimum atomic E-state index is -0.530. The Hall–Kier alpha value is -7.37. The first-order valence-electron chi connectivity index (χ1n) is 21.0. The molecule has 2 aromatic heterocycles. The van der Waals surface area contributed by atoms with Crippen LogP contribution in [0.15, 0.2) is 198 Å². The molecule has 0 radical (unpaired) electrons. The quantitative estimate of drug-likeness (QED) is 0.166. The van der Waals surface area contributed by atoms with Gasteiger partial charge in [-0.05, 0) is 46.8 Å². The van der Waals surface area contributed by atoms with Crippen LogP contribution in [0.25, 0.3) is 78.0 Å². The Kier molecular flexibility index (Phi) is 6.10. The molecule has 0 aliphatic rings. The fourth-order valence-electron chi connectivity index (χ4n) is 6.88. The summed E-state index contributed by atoms with van der Waals surface area (Å²) in [5.74, 6) is 1.24. The van der Waals surface area contributed by atoms with Gasteiger partial charge in [-0.15, -0.1) is 0 Å². The van der Waals surface area contributed by atoms with Crippen LogP contribution in [0.4, 0.5) is 17.1 Å². The standard InChI is InChI=1S/C49H32N4O/c1-4-15-33(16-5-1)34-27-29-38(30-28-34)53(43-25-14-22-35-17-10-11-23-40(35)43)39-31-42(46-41-24-12-13-26-44(41)54-45(46)32-39)49-51-47(36-18-6-2-7-19-36)50-48(52-49)37-20-8-3-9-21-37/h1-32H/i10D,11D,14D,17D,22D,23D,25D. The number of fused-ring (bicyclic) bond motifs is 4. The first-order chi connectivity index (χ1) is 29.7. The van der Waals surface area contributed by atoms with E-state index in [1.807, 2.05) is 152 Å². The van der Waals surface area contributed by atoms with E-state index in [1.54, 1.807) is 4.90 Å². The molecule has 10 aromatic rings. The Balaban J connectivity index is 1.32. The molecule has 0 bridgehead atoms. The van der Waals surface area contributed by atoms with Gasteiger partial charge in [0.2, 0.25) is 0 Å². The zero-order valence-corrected chi connectivity index (χ0v) is 28.6. The largest absolute Gasteiger partial charge is 0.456 e. The molecule has 54 heavy (non-hydrogen) atoms. The molecular weight excluding hydrogens is 661 g/mol. The molecule has 5 nitrogen and oxygen atoms in total. The molecular formula is C49H32N4O. The predicted octanol–water partition coefficient (Wildman–Crippen LogP) is 13.1. The van der Waals surface area contributed by atoms with Gasteiger partial charge in [0.25, 0.3) is 0 Å². The predicted molar refractivity (Wildman–Crippen MR) is 221 cm³/mol. The average Bonchev–Trinajstić information content (AvgIpc) is 3.69. The molecule has 2 heterocycles. The smallest absolute Gasteiger partial charge is 0.164 e. The topological polar surface area (TPSA) is 55.1 Å². The highest BCUT2D eigenvalue weighted by molar-refractivity contribution is 6.13. The summed E-state index contributed by atoms with van der Waals surface area (Å²) in [6.07, 6.45) is 0. The van der Waals surface area contributed by atoms with Crippen LogP contribution < -0.4 is 4.90 Å². The zero-order chi connectivity index (χ0) is 41.9. The van der Waals surface area contributed by atoms with E-state index < -0.39 is 36.3 Å². The molecule has 5 heteroatoms. The van der Waals surface area contributed by atoms with Crippen molar-refractivity contribution < 1.29 is 14.0 Å². The molecule has 0 unspecified atom stereocenters. The fourth-order valence-corrected chi connectivity index (χ4v) is 6.88. The molecule has 10 rings (SSSR count). The van der Waals surface area contributed by atoms with Crippen molar-refractivity contribution in [1.82, 2.24) is 15.0 Å². The summed E-state index contributed by atoms with van der Waals surface area (Å²) in [4.78, 5) is 16.8. The second kappa shape index (κ2) is 13.3. The van der Waals surface area contributed by atoms with Crippen molar-refractivity contribution in [3.8, 4) is 45.3 Å². The summed E-state index contributed by atoms with van der Waals surface area (Å²) in [6, 6.07) is 44.8. The van der Waals surface area contributed by atoms with E-state index in [1.165, 1.54) is 0 Å². The van der Waals surface area contributed by atoms with Gasteiger partial charge in [-0.2, -0.15) is 0 Å².